The Labute approximate surface area is 170 Å². The maximum absolute atomic E-state index is 11.8. The Morgan fingerprint density at radius 1 is 1.00 bits per heavy atom. The number of ether oxygens (including phenoxy) is 4. The van der Waals surface area contributed by atoms with E-state index in [2.05, 4.69) is 15.6 Å². The highest BCUT2D eigenvalue weighted by molar-refractivity contribution is 5.94. The predicted molar refractivity (Wildman–Crippen MR) is 112 cm³/mol. The molecule has 0 aliphatic heterocycles. The van der Waals surface area contributed by atoms with Crippen LogP contribution in [0, 0.1) is 0 Å². The molecule has 0 atom stereocenters. The standard InChI is InChI=1S/C21H27N3O5/c1-6-29-17-10-8-15(12-19(17)27-4)24-21(22-2)23-13-14-7-9-16(20(25)28-5)18(11-14)26-3/h7-12H,6,13H2,1-5H3,(H2,22,23,24). The molecule has 2 rings (SSSR count). The fraction of sp³-hybridized carbons (Fsp3) is 0.333. The first-order valence-electron chi connectivity index (χ1n) is 9.10. The Balaban J connectivity index is 2.07. The van der Waals surface area contributed by atoms with E-state index in [9.17, 15) is 4.79 Å². The lowest BCUT2D eigenvalue weighted by molar-refractivity contribution is 0.0597. The van der Waals surface area contributed by atoms with Crippen LogP contribution in [-0.4, -0.2) is 46.9 Å². The number of aliphatic imine (C=N–C) groups is 1. The fourth-order valence-corrected chi connectivity index (χ4v) is 2.65. The molecular formula is C21H27N3O5. The monoisotopic (exact) mass is 401 g/mol. The highest BCUT2D eigenvalue weighted by Gasteiger charge is 2.13. The minimum absolute atomic E-state index is 0.378. The zero-order valence-corrected chi connectivity index (χ0v) is 17.4. The molecule has 0 amide bonds. The van der Waals surface area contributed by atoms with Crippen LogP contribution >= 0.6 is 0 Å². The van der Waals surface area contributed by atoms with Gasteiger partial charge in [0.15, 0.2) is 17.5 Å². The molecule has 0 radical (unpaired) electrons. The zero-order valence-electron chi connectivity index (χ0n) is 17.4. The van der Waals surface area contributed by atoms with E-state index < -0.39 is 5.97 Å². The van der Waals surface area contributed by atoms with Crippen molar-refractivity contribution < 1.29 is 23.7 Å². The van der Waals surface area contributed by atoms with Gasteiger partial charge in [-0.3, -0.25) is 4.99 Å². The summed E-state index contributed by atoms with van der Waals surface area (Å²) < 4.78 is 21.0. The predicted octanol–water partition coefficient (Wildman–Crippen LogP) is 3.08. The van der Waals surface area contributed by atoms with Crippen molar-refractivity contribution in [1.82, 2.24) is 5.32 Å². The van der Waals surface area contributed by atoms with Gasteiger partial charge < -0.3 is 29.6 Å². The van der Waals surface area contributed by atoms with Crippen LogP contribution in [0.15, 0.2) is 41.4 Å². The summed E-state index contributed by atoms with van der Waals surface area (Å²) in [5.41, 5.74) is 2.10. The first-order valence-corrected chi connectivity index (χ1v) is 9.10. The summed E-state index contributed by atoms with van der Waals surface area (Å²) in [4.78, 5) is 16.0. The van der Waals surface area contributed by atoms with Gasteiger partial charge in [0, 0.05) is 25.3 Å². The van der Waals surface area contributed by atoms with E-state index >= 15 is 0 Å². The number of hydrogen-bond acceptors (Lipinski definition) is 6. The van der Waals surface area contributed by atoms with Crippen molar-refractivity contribution in [3.8, 4) is 17.2 Å². The van der Waals surface area contributed by atoms with Gasteiger partial charge in [0.25, 0.3) is 0 Å². The van der Waals surface area contributed by atoms with E-state index in [4.69, 9.17) is 18.9 Å². The average molecular weight is 401 g/mol. The molecule has 0 unspecified atom stereocenters. The Morgan fingerprint density at radius 3 is 2.38 bits per heavy atom. The molecule has 0 spiro atoms. The molecule has 0 saturated carbocycles. The number of guanidine groups is 1. The average Bonchev–Trinajstić information content (AvgIpc) is 2.76. The molecule has 2 aromatic carbocycles. The van der Waals surface area contributed by atoms with E-state index in [1.165, 1.54) is 14.2 Å². The number of carbonyl (C=O) groups excluding carboxylic acids is 1. The number of carbonyl (C=O) groups is 1. The summed E-state index contributed by atoms with van der Waals surface area (Å²) in [5, 5.41) is 6.43. The summed E-state index contributed by atoms with van der Waals surface area (Å²) >= 11 is 0. The zero-order chi connectivity index (χ0) is 21.2. The van der Waals surface area contributed by atoms with Crippen molar-refractivity contribution in [3.05, 3.63) is 47.5 Å². The van der Waals surface area contributed by atoms with Crippen LogP contribution in [0.3, 0.4) is 0 Å². The van der Waals surface area contributed by atoms with Crippen LogP contribution in [-0.2, 0) is 11.3 Å². The number of nitrogens with one attached hydrogen (secondary N) is 2. The van der Waals surface area contributed by atoms with E-state index in [0.29, 0.717) is 41.9 Å². The summed E-state index contributed by atoms with van der Waals surface area (Å²) in [6, 6.07) is 10.9. The van der Waals surface area contributed by atoms with Crippen LogP contribution in [0.25, 0.3) is 0 Å². The van der Waals surface area contributed by atoms with Gasteiger partial charge in [0.05, 0.1) is 27.9 Å². The van der Waals surface area contributed by atoms with Crippen LogP contribution in [0.2, 0.25) is 0 Å². The lowest BCUT2D eigenvalue weighted by Crippen LogP contribution is -2.30. The third-order valence-electron chi connectivity index (χ3n) is 4.08. The number of esters is 1. The van der Waals surface area contributed by atoms with E-state index in [1.54, 1.807) is 26.3 Å². The van der Waals surface area contributed by atoms with Gasteiger partial charge in [0.2, 0.25) is 0 Å². The molecule has 2 N–H and O–H groups in total. The molecule has 0 heterocycles. The maximum atomic E-state index is 11.8. The molecular weight excluding hydrogens is 374 g/mol. The van der Waals surface area contributed by atoms with Crippen LogP contribution in [0.5, 0.6) is 17.2 Å². The number of methoxy groups -OCH3 is 3. The van der Waals surface area contributed by atoms with E-state index in [1.807, 2.05) is 31.2 Å². The highest BCUT2D eigenvalue weighted by Crippen LogP contribution is 2.30. The molecule has 0 saturated heterocycles. The second-order valence-corrected chi connectivity index (χ2v) is 5.88. The Kier molecular flexibility index (Phi) is 8.14. The van der Waals surface area contributed by atoms with Gasteiger partial charge >= 0.3 is 5.97 Å². The Hall–Kier alpha value is -3.42. The SMILES string of the molecule is CCOc1ccc(NC(=NC)NCc2ccc(C(=O)OC)c(OC)c2)cc1OC. The third-order valence-corrected chi connectivity index (χ3v) is 4.08. The maximum Gasteiger partial charge on any atom is 0.341 e. The van der Waals surface area contributed by atoms with Crippen molar-refractivity contribution >= 4 is 17.6 Å². The smallest absolute Gasteiger partial charge is 0.341 e. The number of anilines is 1. The van der Waals surface area contributed by atoms with E-state index in [0.717, 1.165) is 11.3 Å². The van der Waals surface area contributed by atoms with Crippen molar-refractivity contribution in [3.63, 3.8) is 0 Å². The molecule has 8 heteroatoms. The van der Waals surface area contributed by atoms with Gasteiger partial charge in [-0.05, 0) is 36.8 Å². The first-order chi connectivity index (χ1) is 14.1. The summed E-state index contributed by atoms with van der Waals surface area (Å²) in [6.07, 6.45) is 0. The Bertz CT molecular complexity index is 867. The minimum atomic E-state index is -0.441. The summed E-state index contributed by atoms with van der Waals surface area (Å²) in [5.74, 6) is 1.91. The van der Waals surface area contributed by atoms with Gasteiger partial charge in [0.1, 0.15) is 11.3 Å². The molecule has 0 aliphatic rings. The lowest BCUT2D eigenvalue weighted by Gasteiger charge is -2.15. The largest absolute Gasteiger partial charge is 0.496 e. The van der Waals surface area contributed by atoms with Gasteiger partial charge in [-0.25, -0.2) is 4.79 Å². The molecule has 0 bridgehead atoms. The third kappa shape index (κ3) is 5.78. The van der Waals surface area contributed by atoms with Gasteiger partial charge in [-0.2, -0.15) is 0 Å². The van der Waals surface area contributed by atoms with Crippen LogP contribution in [0.4, 0.5) is 5.69 Å². The molecule has 29 heavy (non-hydrogen) atoms. The molecule has 0 aliphatic carbocycles. The molecule has 0 aromatic heterocycles. The molecule has 2 aromatic rings. The van der Waals surface area contributed by atoms with Gasteiger partial charge in [-0.15, -0.1) is 0 Å². The van der Waals surface area contributed by atoms with Crippen molar-refractivity contribution in [2.75, 3.05) is 40.3 Å². The quantitative estimate of drug-likeness (QED) is 0.399. The molecule has 0 fully saturated rings. The number of hydrogen-bond donors (Lipinski definition) is 2. The van der Waals surface area contributed by atoms with Crippen LogP contribution < -0.4 is 24.8 Å². The second kappa shape index (κ2) is 10.8. The van der Waals surface area contributed by atoms with Crippen molar-refractivity contribution in [1.29, 1.82) is 0 Å². The van der Waals surface area contributed by atoms with Crippen molar-refractivity contribution in [2.45, 2.75) is 13.5 Å². The summed E-state index contributed by atoms with van der Waals surface area (Å²) in [7, 11) is 6.13. The molecule has 156 valence electrons. The summed E-state index contributed by atoms with van der Waals surface area (Å²) in [6.45, 7) is 2.96. The second-order valence-electron chi connectivity index (χ2n) is 5.88. The molecule has 8 nitrogen and oxygen atoms in total. The normalized spacial score (nSPS) is 10.9. The van der Waals surface area contributed by atoms with Crippen LogP contribution in [0.1, 0.15) is 22.8 Å². The van der Waals surface area contributed by atoms with E-state index in [-0.39, 0.29) is 0 Å². The fourth-order valence-electron chi connectivity index (χ4n) is 2.65. The lowest BCUT2D eigenvalue weighted by atomic mass is 10.1. The number of nitrogens with zero attached hydrogens (tertiary/aromatic N) is 1. The topological polar surface area (TPSA) is 90.4 Å². The first kappa shape index (κ1) is 21.9. The van der Waals surface area contributed by atoms with Crippen molar-refractivity contribution in [2.24, 2.45) is 4.99 Å². The Morgan fingerprint density at radius 2 is 1.76 bits per heavy atom. The number of rotatable bonds is 8. The minimum Gasteiger partial charge on any atom is -0.496 e. The highest BCUT2D eigenvalue weighted by atomic mass is 16.5. The van der Waals surface area contributed by atoms with Gasteiger partial charge in [-0.1, -0.05) is 6.07 Å². The number of benzene rings is 2.